The number of carbonyl (C=O) groups excluding carboxylic acids is 1. The second-order valence-electron chi connectivity index (χ2n) is 7.58. The molecule has 0 fully saturated rings. The molecule has 0 unspecified atom stereocenters. The van der Waals surface area contributed by atoms with Crippen LogP contribution < -0.4 is 0 Å². The fraction of sp³-hybridized carbons (Fsp3) is 0.938. The summed E-state index contributed by atoms with van der Waals surface area (Å²) in [6, 6.07) is 0.954. The van der Waals surface area contributed by atoms with E-state index >= 15 is 0 Å². The van der Waals surface area contributed by atoms with Gasteiger partial charge in [-0.25, -0.2) is 8.42 Å². The van der Waals surface area contributed by atoms with Crippen molar-refractivity contribution >= 4 is 24.4 Å². The molecule has 0 aliphatic carbocycles. The smallest absolute Gasteiger partial charge is 0.438 e. The summed E-state index contributed by atoms with van der Waals surface area (Å²) in [6.45, 7) is 4.14. The van der Waals surface area contributed by atoms with E-state index in [1.165, 1.54) is 0 Å². The van der Waals surface area contributed by atoms with Crippen molar-refractivity contribution in [1.82, 2.24) is 0 Å². The first-order chi connectivity index (χ1) is 13.4. The van der Waals surface area contributed by atoms with E-state index < -0.39 is 54.5 Å². The minimum Gasteiger partial charge on any atom is -0.748 e. The maximum atomic E-state index is 13.0. The summed E-state index contributed by atoms with van der Waals surface area (Å²) < 4.78 is 119. The van der Waals surface area contributed by atoms with Gasteiger partial charge in [0.1, 0.15) is 0 Å². The predicted octanol–water partition coefficient (Wildman–Crippen LogP) is 4.52. The zero-order valence-electron chi connectivity index (χ0n) is 17.0. The molecule has 0 aliphatic rings. The highest BCUT2D eigenvalue weighted by atomic mass is 32.2. The van der Waals surface area contributed by atoms with Gasteiger partial charge in [0.2, 0.25) is 0 Å². The summed E-state index contributed by atoms with van der Waals surface area (Å²) in [5.74, 6) is -4.85. The summed E-state index contributed by atoms with van der Waals surface area (Å²) in [5.41, 5.74) is -5.39. The highest BCUT2D eigenvalue weighted by Crippen LogP contribution is 2.47. The van der Waals surface area contributed by atoms with E-state index in [0.717, 1.165) is 25.3 Å². The number of halogens is 6. The average molecular weight is 490 g/mol. The molecular weight excluding hydrogens is 462 g/mol. The molecule has 0 aliphatic heterocycles. The van der Waals surface area contributed by atoms with Gasteiger partial charge in [-0.05, 0) is 25.6 Å². The number of hydrogen-bond acceptors (Lipinski definition) is 6. The van der Waals surface area contributed by atoms with Crippen LogP contribution in [0.2, 0.25) is 19.1 Å². The molecule has 0 heterocycles. The quantitative estimate of drug-likeness (QED) is 0.124. The third-order valence-electron chi connectivity index (χ3n) is 4.55. The molecular formula is C16H27F6O6SSi-. The van der Waals surface area contributed by atoms with Crippen LogP contribution in [0.4, 0.5) is 26.3 Å². The molecule has 0 aromatic rings. The fourth-order valence-electron chi connectivity index (χ4n) is 2.59. The van der Waals surface area contributed by atoms with Crippen molar-refractivity contribution in [1.29, 1.82) is 0 Å². The lowest BCUT2D eigenvalue weighted by molar-refractivity contribution is -0.361. The van der Waals surface area contributed by atoms with E-state index in [0.29, 0.717) is 12.8 Å². The lowest BCUT2D eigenvalue weighted by Crippen LogP contribution is -2.63. The second kappa shape index (κ2) is 11.1. The number of carbonyl (C=O) groups is 1. The minimum atomic E-state index is -6.34. The molecule has 0 atom stereocenters. The van der Waals surface area contributed by atoms with Gasteiger partial charge in [0.25, 0.3) is 0 Å². The maximum absolute atomic E-state index is 13.0. The van der Waals surface area contributed by atoms with Crippen LogP contribution in [0.5, 0.6) is 0 Å². The monoisotopic (exact) mass is 489 g/mol. The summed E-state index contributed by atoms with van der Waals surface area (Å²) in [6.07, 6.45) is -9.92. The number of rotatable bonds is 13. The van der Waals surface area contributed by atoms with E-state index in [1.807, 2.05) is 0 Å². The van der Waals surface area contributed by atoms with Gasteiger partial charge >= 0.3 is 23.9 Å². The van der Waals surface area contributed by atoms with Crippen LogP contribution in [0, 0.1) is 0 Å². The minimum absolute atomic E-state index is 0.0347. The van der Waals surface area contributed by atoms with Crippen LogP contribution >= 0.6 is 0 Å². The molecule has 0 saturated carbocycles. The van der Waals surface area contributed by atoms with Gasteiger partial charge in [-0.15, -0.1) is 0 Å². The Bertz CT molecular complexity index is 634. The fourth-order valence-corrected chi connectivity index (χ4v) is 4.78. The highest BCUT2D eigenvalue weighted by molar-refractivity contribution is 7.85. The molecule has 14 heteroatoms. The third-order valence-corrected chi connectivity index (χ3v) is 7.97. The Balaban J connectivity index is 4.69. The largest absolute Gasteiger partial charge is 0.748 e. The molecule has 0 bridgehead atoms. The van der Waals surface area contributed by atoms with Gasteiger partial charge in [0.15, 0.2) is 8.32 Å². The molecule has 6 nitrogen and oxygen atoms in total. The lowest BCUT2D eigenvalue weighted by atomic mass is 10.1. The van der Waals surface area contributed by atoms with Crippen molar-refractivity contribution in [3.8, 4) is 0 Å². The lowest BCUT2D eigenvalue weighted by Gasteiger charge is -2.36. The van der Waals surface area contributed by atoms with Gasteiger partial charge in [0.05, 0.1) is 15.9 Å². The van der Waals surface area contributed by atoms with Crippen LogP contribution in [-0.2, 0) is 24.1 Å². The number of ether oxygens (including phenoxy) is 1. The summed E-state index contributed by atoms with van der Waals surface area (Å²) >= 11 is 0. The number of unbranched alkanes of at least 4 members (excludes halogenated alkanes) is 5. The molecule has 0 rings (SSSR count). The normalized spacial score (nSPS) is 14.1. The van der Waals surface area contributed by atoms with E-state index in [1.54, 1.807) is 7.11 Å². The highest BCUT2D eigenvalue weighted by Gasteiger charge is 2.75. The standard InChI is InChI=1S/C16H28F6O6SSi/c1-27-30(2,3)11-9-7-5-4-6-8-10-13(23)28-14(15(17,18)19,16(20,21)22)12-29(24,25)26/h4-12H2,1-3H3,(H,24,25,26)/p-1. The predicted molar refractivity (Wildman–Crippen MR) is 97.1 cm³/mol. The second-order valence-corrected chi connectivity index (χ2v) is 13.4. The molecule has 30 heavy (non-hydrogen) atoms. The average Bonchev–Trinajstić information content (AvgIpc) is 2.53. The molecule has 0 spiro atoms. The Labute approximate surface area is 173 Å². The van der Waals surface area contributed by atoms with Crippen LogP contribution in [0.15, 0.2) is 0 Å². The Morgan fingerprint density at radius 3 is 1.73 bits per heavy atom. The number of esters is 1. The van der Waals surface area contributed by atoms with Crippen molar-refractivity contribution < 1.29 is 53.3 Å². The topological polar surface area (TPSA) is 92.7 Å². The van der Waals surface area contributed by atoms with Crippen LogP contribution in [0.3, 0.4) is 0 Å². The van der Waals surface area contributed by atoms with Gasteiger partial charge in [-0.3, -0.25) is 4.79 Å². The van der Waals surface area contributed by atoms with Crippen LogP contribution in [0.1, 0.15) is 44.9 Å². The van der Waals surface area contributed by atoms with Crippen molar-refractivity contribution in [3.05, 3.63) is 0 Å². The zero-order chi connectivity index (χ0) is 23.9. The Kier molecular flexibility index (Phi) is 10.8. The number of alkyl halides is 6. The molecule has 0 N–H and O–H groups in total. The van der Waals surface area contributed by atoms with Crippen LogP contribution in [0.25, 0.3) is 0 Å². The Hall–Kier alpha value is -0.863. The van der Waals surface area contributed by atoms with E-state index in [9.17, 15) is 44.1 Å². The summed E-state index contributed by atoms with van der Waals surface area (Å²) in [5, 5.41) is 0. The van der Waals surface area contributed by atoms with Crippen molar-refractivity contribution in [3.63, 3.8) is 0 Å². The molecule has 180 valence electrons. The van der Waals surface area contributed by atoms with Gasteiger partial charge in [-0.2, -0.15) is 26.3 Å². The maximum Gasteiger partial charge on any atom is 0.438 e. The zero-order valence-corrected chi connectivity index (χ0v) is 18.8. The van der Waals surface area contributed by atoms with Crippen molar-refractivity contribution in [2.24, 2.45) is 0 Å². The SMILES string of the molecule is CO[Si](C)(C)CCCCCCCCC(=O)OC(CS(=O)(=O)[O-])(C(F)(F)F)C(F)(F)F. The first-order valence-electron chi connectivity index (χ1n) is 9.21. The summed E-state index contributed by atoms with van der Waals surface area (Å²) in [4.78, 5) is 11.6. The Morgan fingerprint density at radius 1 is 0.900 bits per heavy atom. The van der Waals surface area contributed by atoms with E-state index in [2.05, 4.69) is 17.8 Å². The molecule has 0 aromatic carbocycles. The van der Waals surface area contributed by atoms with Crippen LogP contribution in [-0.4, -0.2) is 58.1 Å². The molecule has 0 radical (unpaired) electrons. The molecule has 0 aromatic heterocycles. The van der Waals surface area contributed by atoms with E-state index in [-0.39, 0.29) is 6.42 Å². The van der Waals surface area contributed by atoms with E-state index in [4.69, 9.17) is 4.43 Å². The van der Waals surface area contributed by atoms with Crippen molar-refractivity contribution in [2.45, 2.75) is 82.0 Å². The first-order valence-corrected chi connectivity index (χ1v) is 13.9. The first kappa shape index (κ1) is 29.1. The summed E-state index contributed by atoms with van der Waals surface area (Å²) in [7, 11) is -6.01. The molecule has 0 saturated heterocycles. The number of hydrogen-bond donors (Lipinski definition) is 0. The van der Waals surface area contributed by atoms with Gasteiger partial charge in [0, 0.05) is 13.5 Å². The Morgan fingerprint density at radius 2 is 1.33 bits per heavy atom. The van der Waals surface area contributed by atoms with Gasteiger partial charge < -0.3 is 13.7 Å². The van der Waals surface area contributed by atoms with Gasteiger partial charge in [-0.1, -0.05) is 32.1 Å². The molecule has 0 amide bonds. The van der Waals surface area contributed by atoms with Crippen molar-refractivity contribution in [2.75, 3.05) is 12.9 Å². The third kappa shape index (κ3) is 9.96.